The van der Waals surface area contributed by atoms with Crippen molar-refractivity contribution in [2.24, 2.45) is 5.73 Å². The molecule has 2 atom stereocenters. The van der Waals surface area contributed by atoms with Gasteiger partial charge in [-0.3, -0.25) is 0 Å². The van der Waals surface area contributed by atoms with Crippen LogP contribution in [0.25, 0.3) is 0 Å². The molecule has 2 heterocycles. The Morgan fingerprint density at radius 3 is 2.61 bits per heavy atom. The van der Waals surface area contributed by atoms with Crippen LogP contribution in [0, 0.1) is 6.92 Å². The number of rotatable bonds is 4. The van der Waals surface area contributed by atoms with Gasteiger partial charge in [0.1, 0.15) is 0 Å². The minimum atomic E-state index is 0.0746. The van der Waals surface area contributed by atoms with Crippen LogP contribution >= 0.6 is 34.7 Å². The second kappa shape index (κ2) is 6.06. The predicted molar refractivity (Wildman–Crippen MR) is 80.6 cm³/mol. The van der Waals surface area contributed by atoms with Crippen LogP contribution in [0.3, 0.4) is 0 Å². The van der Waals surface area contributed by atoms with E-state index in [0.717, 1.165) is 5.03 Å². The number of aryl methyl sites for hydroxylation is 1. The summed E-state index contributed by atoms with van der Waals surface area (Å²) >= 11 is 9.32. The summed E-state index contributed by atoms with van der Waals surface area (Å²) in [6.07, 6.45) is 1.67. The van der Waals surface area contributed by atoms with E-state index in [1.807, 2.05) is 19.1 Å². The molecule has 0 saturated heterocycles. The Morgan fingerprint density at radius 2 is 2.11 bits per heavy atom. The first-order valence-corrected chi connectivity index (χ1v) is 7.74. The molecule has 2 aromatic heterocycles. The van der Waals surface area contributed by atoms with Gasteiger partial charge in [-0.1, -0.05) is 23.4 Å². The number of hydrogen-bond acceptors (Lipinski definition) is 4. The second-order valence-corrected chi connectivity index (χ2v) is 7.08. The van der Waals surface area contributed by atoms with Crippen molar-refractivity contribution in [3.05, 3.63) is 45.2 Å². The maximum absolute atomic E-state index is 6.09. The Bertz CT molecular complexity index is 508. The monoisotopic (exact) mass is 298 g/mol. The van der Waals surface area contributed by atoms with E-state index in [4.69, 9.17) is 17.3 Å². The molecule has 2 unspecified atom stereocenters. The smallest absolute Gasteiger partial charge is 0.0967 e. The third-order valence-corrected chi connectivity index (χ3v) is 5.34. The van der Waals surface area contributed by atoms with Crippen molar-refractivity contribution in [1.82, 2.24) is 4.98 Å². The third kappa shape index (κ3) is 3.48. The van der Waals surface area contributed by atoms with E-state index in [1.54, 1.807) is 29.3 Å². The Morgan fingerprint density at radius 1 is 1.33 bits per heavy atom. The van der Waals surface area contributed by atoms with Crippen LogP contribution in [-0.4, -0.2) is 11.0 Å². The zero-order valence-corrected chi connectivity index (χ0v) is 12.6. The average Bonchev–Trinajstić information content (AvgIpc) is 2.74. The number of halogens is 1. The molecule has 0 amide bonds. The van der Waals surface area contributed by atoms with Gasteiger partial charge in [0, 0.05) is 22.0 Å². The van der Waals surface area contributed by atoms with E-state index in [1.165, 1.54) is 9.75 Å². The summed E-state index contributed by atoms with van der Waals surface area (Å²) in [5, 5.41) is 1.84. The van der Waals surface area contributed by atoms with Gasteiger partial charge in [0.15, 0.2) is 0 Å². The first-order chi connectivity index (χ1) is 8.56. The van der Waals surface area contributed by atoms with Crippen LogP contribution in [0.15, 0.2) is 35.5 Å². The zero-order chi connectivity index (χ0) is 13.1. The fourth-order valence-electron chi connectivity index (χ4n) is 1.59. The van der Waals surface area contributed by atoms with Gasteiger partial charge in [0.05, 0.1) is 15.3 Å². The summed E-state index contributed by atoms with van der Waals surface area (Å²) < 4.78 is 0. The highest BCUT2D eigenvalue weighted by Crippen LogP contribution is 2.39. The summed E-state index contributed by atoms with van der Waals surface area (Å²) in [5.41, 5.74) is 6.09. The molecular weight excluding hydrogens is 284 g/mol. The maximum atomic E-state index is 6.09. The molecule has 18 heavy (non-hydrogen) atoms. The number of thiophene rings is 1. The molecule has 5 heteroatoms. The van der Waals surface area contributed by atoms with Gasteiger partial charge in [0.25, 0.3) is 0 Å². The van der Waals surface area contributed by atoms with Crippen molar-refractivity contribution in [2.75, 3.05) is 0 Å². The molecule has 0 aliphatic heterocycles. The summed E-state index contributed by atoms with van der Waals surface area (Å²) in [6.45, 7) is 4.14. The van der Waals surface area contributed by atoms with Gasteiger partial charge >= 0.3 is 0 Å². The molecule has 2 nitrogen and oxygen atoms in total. The van der Waals surface area contributed by atoms with Crippen LogP contribution in [0.1, 0.15) is 21.9 Å². The quantitative estimate of drug-likeness (QED) is 0.856. The second-order valence-electron chi connectivity index (χ2n) is 4.16. The standard InChI is InChI=1S/C13H15ClN2S2/c1-8-3-5-11(17-8)13(9(2)15)18-12-6-4-10(14)7-16-12/h3-7,9,13H,15H2,1-2H3. The summed E-state index contributed by atoms with van der Waals surface area (Å²) in [4.78, 5) is 6.91. The SMILES string of the molecule is Cc1ccc(C(Sc2ccc(Cl)cn2)C(C)N)s1. The maximum Gasteiger partial charge on any atom is 0.0967 e. The van der Waals surface area contributed by atoms with Crippen molar-refractivity contribution < 1.29 is 0 Å². The lowest BCUT2D eigenvalue weighted by molar-refractivity contribution is 0.728. The molecule has 0 spiro atoms. The van der Waals surface area contributed by atoms with E-state index >= 15 is 0 Å². The van der Waals surface area contributed by atoms with Gasteiger partial charge in [-0.25, -0.2) is 4.98 Å². The Labute approximate surface area is 121 Å². The average molecular weight is 299 g/mol. The highest BCUT2D eigenvalue weighted by molar-refractivity contribution is 7.99. The highest BCUT2D eigenvalue weighted by atomic mass is 35.5. The van der Waals surface area contributed by atoms with Gasteiger partial charge in [-0.2, -0.15) is 0 Å². The molecule has 2 aromatic rings. The molecule has 0 aliphatic rings. The lowest BCUT2D eigenvalue weighted by Crippen LogP contribution is -2.21. The predicted octanol–water partition coefficient (Wildman–Crippen LogP) is 4.29. The van der Waals surface area contributed by atoms with Gasteiger partial charge in [-0.05, 0) is 38.1 Å². The van der Waals surface area contributed by atoms with Gasteiger partial charge in [0.2, 0.25) is 0 Å². The summed E-state index contributed by atoms with van der Waals surface area (Å²) in [5.74, 6) is 0. The lowest BCUT2D eigenvalue weighted by Gasteiger charge is -2.18. The van der Waals surface area contributed by atoms with E-state index in [9.17, 15) is 0 Å². The topological polar surface area (TPSA) is 38.9 Å². The van der Waals surface area contributed by atoms with Crippen LogP contribution in [0.4, 0.5) is 0 Å². The van der Waals surface area contributed by atoms with Crippen LogP contribution in [0.5, 0.6) is 0 Å². The minimum Gasteiger partial charge on any atom is -0.327 e. The Kier molecular flexibility index (Phi) is 4.67. The summed E-state index contributed by atoms with van der Waals surface area (Å²) in [6, 6.07) is 8.14. The zero-order valence-electron chi connectivity index (χ0n) is 10.3. The molecule has 0 radical (unpaired) electrons. The van der Waals surface area contributed by atoms with Crippen molar-refractivity contribution in [2.45, 2.75) is 30.2 Å². The largest absolute Gasteiger partial charge is 0.327 e. The number of nitrogens with zero attached hydrogens (tertiary/aromatic N) is 1. The van der Waals surface area contributed by atoms with Crippen LogP contribution in [0.2, 0.25) is 5.02 Å². The Balaban J connectivity index is 2.19. The van der Waals surface area contributed by atoms with E-state index in [-0.39, 0.29) is 11.3 Å². The number of thioether (sulfide) groups is 1. The molecule has 2 rings (SSSR count). The number of nitrogens with two attached hydrogens (primary N) is 1. The van der Waals surface area contributed by atoms with Crippen LogP contribution in [-0.2, 0) is 0 Å². The molecule has 0 saturated carbocycles. The molecular formula is C13H15ClN2S2. The van der Waals surface area contributed by atoms with E-state index in [2.05, 4.69) is 24.0 Å². The van der Waals surface area contributed by atoms with E-state index < -0.39 is 0 Å². The van der Waals surface area contributed by atoms with Crippen molar-refractivity contribution >= 4 is 34.7 Å². The summed E-state index contributed by atoms with van der Waals surface area (Å²) in [7, 11) is 0. The molecule has 96 valence electrons. The fraction of sp³-hybridized carbons (Fsp3) is 0.308. The van der Waals surface area contributed by atoms with Gasteiger partial charge in [-0.15, -0.1) is 11.3 Å². The van der Waals surface area contributed by atoms with Crippen LogP contribution < -0.4 is 5.73 Å². The normalized spacial score (nSPS) is 14.4. The lowest BCUT2D eigenvalue weighted by atomic mass is 10.2. The van der Waals surface area contributed by atoms with Crippen molar-refractivity contribution in [1.29, 1.82) is 0 Å². The fourth-order valence-corrected chi connectivity index (χ4v) is 3.90. The van der Waals surface area contributed by atoms with Crippen molar-refractivity contribution in [3.63, 3.8) is 0 Å². The molecule has 0 aromatic carbocycles. The van der Waals surface area contributed by atoms with Gasteiger partial charge < -0.3 is 5.73 Å². The number of hydrogen-bond donors (Lipinski definition) is 1. The van der Waals surface area contributed by atoms with Crippen molar-refractivity contribution in [3.8, 4) is 0 Å². The first-order valence-electron chi connectivity index (χ1n) is 5.66. The minimum absolute atomic E-state index is 0.0746. The highest BCUT2D eigenvalue weighted by Gasteiger charge is 2.19. The van der Waals surface area contributed by atoms with E-state index in [0.29, 0.717) is 5.02 Å². The number of pyridine rings is 1. The molecule has 2 N–H and O–H groups in total. The Hall–Kier alpha value is -0.550. The first kappa shape index (κ1) is 13.9. The number of aromatic nitrogens is 1. The molecule has 0 aliphatic carbocycles. The molecule has 0 bridgehead atoms. The third-order valence-electron chi connectivity index (χ3n) is 2.47. The molecule has 0 fully saturated rings.